The summed E-state index contributed by atoms with van der Waals surface area (Å²) < 4.78 is 4.65. The largest absolute Gasteiger partial charge is 0.309 e. The van der Waals surface area contributed by atoms with E-state index in [1.165, 1.54) is 43.6 Å². The second kappa shape index (κ2) is 11.7. The molecular weight excluding hydrogens is 585 g/mol. The Hall–Kier alpha value is -6.52. The number of hydrogen-bond acceptors (Lipinski definition) is 2. The summed E-state index contributed by atoms with van der Waals surface area (Å²) in [6.45, 7) is 0. The predicted molar refractivity (Wildman–Crippen MR) is 203 cm³/mol. The van der Waals surface area contributed by atoms with Gasteiger partial charge in [0, 0.05) is 45.3 Å². The van der Waals surface area contributed by atoms with Gasteiger partial charge in [-0.1, -0.05) is 109 Å². The smallest absolute Gasteiger partial charge is 0.0886 e. The van der Waals surface area contributed by atoms with Crippen LogP contribution in [-0.4, -0.2) is 21.6 Å². The highest BCUT2D eigenvalue weighted by molar-refractivity contribution is 6.10. The molecule has 0 bridgehead atoms. The maximum Gasteiger partial charge on any atom is 0.0886 e. The molecule has 0 unspecified atom stereocenters. The molecule has 9 aromatic rings. The Balaban J connectivity index is 1.04. The van der Waals surface area contributed by atoms with Crippen LogP contribution in [0.3, 0.4) is 0 Å². The van der Waals surface area contributed by atoms with Gasteiger partial charge in [0.25, 0.3) is 0 Å². The Morgan fingerprint density at radius 2 is 0.667 bits per heavy atom. The minimum atomic E-state index is 0.814. The molecule has 0 atom stereocenters. The van der Waals surface area contributed by atoms with Crippen LogP contribution in [0.4, 0.5) is 11.4 Å². The number of aromatic nitrogens is 2. The molecule has 7 aromatic carbocycles. The van der Waals surface area contributed by atoms with Crippen molar-refractivity contribution >= 4 is 67.4 Å². The van der Waals surface area contributed by atoms with Gasteiger partial charge in [-0.3, -0.25) is 9.98 Å². The van der Waals surface area contributed by atoms with E-state index in [0.29, 0.717) is 0 Å². The van der Waals surface area contributed by atoms with Crippen molar-refractivity contribution in [1.82, 2.24) is 9.13 Å². The van der Waals surface area contributed by atoms with Crippen molar-refractivity contribution in [1.29, 1.82) is 0 Å². The molecule has 4 heteroatoms. The second-order valence-corrected chi connectivity index (χ2v) is 11.9. The van der Waals surface area contributed by atoms with Gasteiger partial charge in [-0.2, -0.15) is 0 Å². The summed E-state index contributed by atoms with van der Waals surface area (Å²) in [5.74, 6) is 0. The molecule has 48 heavy (non-hydrogen) atoms. The highest BCUT2D eigenvalue weighted by Gasteiger charge is 2.13. The van der Waals surface area contributed by atoms with Crippen molar-refractivity contribution in [3.8, 4) is 11.4 Å². The Morgan fingerprint density at radius 1 is 0.333 bits per heavy atom. The van der Waals surface area contributed by atoms with E-state index >= 15 is 0 Å². The Morgan fingerprint density at radius 3 is 1.04 bits per heavy atom. The summed E-state index contributed by atoms with van der Waals surface area (Å²) in [7, 11) is 0. The SMILES string of the molecule is C(=Nc1ccccc1N=Cc1cccc(-n2c3ccccc3c3ccccc32)c1)c1cccc(-n2c3ccccc3c3ccccc32)c1. The van der Waals surface area contributed by atoms with Gasteiger partial charge in [0.2, 0.25) is 0 Å². The lowest BCUT2D eigenvalue weighted by Crippen LogP contribution is -1.95. The topological polar surface area (TPSA) is 34.6 Å². The minimum absolute atomic E-state index is 0.814. The summed E-state index contributed by atoms with van der Waals surface area (Å²) >= 11 is 0. The second-order valence-electron chi connectivity index (χ2n) is 11.9. The first-order chi connectivity index (χ1) is 23.8. The number of fused-ring (bicyclic) bond motifs is 6. The van der Waals surface area contributed by atoms with E-state index in [4.69, 9.17) is 9.98 Å². The minimum Gasteiger partial charge on any atom is -0.309 e. The highest BCUT2D eigenvalue weighted by atomic mass is 15.0. The standard InChI is InChI=1S/C44H30N4/c1-7-23-41-35(17-1)36-18-2-8-24-42(36)47(41)33-15-11-13-31(27-33)29-45-39-21-5-6-22-40(39)46-30-32-14-12-16-34(28-32)48-43-25-9-3-19-37(43)38-20-4-10-26-44(38)48/h1-30H. The molecule has 0 saturated carbocycles. The molecule has 0 aliphatic rings. The maximum atomic E-state index is 4.91. The van der Waals surface area contributed by atoms with Crippen LogP contribution in [0.25, 0.3) is 55.0 Å². The number of para-hydroxylation sites is 6. The fourth-order valence-electron chi connectivity index (χ4n) is 6.86. The summed E-state index contributed by atoms with van der Waals surface area (Å²) in [4.78, 5) is 9.82. The zero-order valence-corrected chi connectivity index (χ0v) is 26.1. The fraction of sp³-hybridized carbons (Fsp3) is 0. The third kappa shape index (κ3) is 4.79. The van der Waals surface area contributed by atoms with Crippen LogP contribution in [0.2, 0.25) is 0 Å². The third-order valence-electron chi connectivity index (χ3n) is 9.00. The Bertz CT molecular complexity index is 2400. The zero-order valence-electron chi connectivity index (χ0n) is 26.1. The lowest BCUT2D eigenvalue weighted by molar-refractivity contribution is 1.18. The van der Waals surface area contributed by atoms with Crippen molar-refractivity contribution in [2.75, 3.05) is 0 Å². The van der Waals surface area contributed by atoms with Crippen molar-refractivity contribution < 1.29 is 0 Å². The van der Waals surface area contributed by atoms with Gasteiger partial charge in [0.1, 0.15) is 0 Å². The number of hydrogen-bond donors (Lipinski definition) is 0. The van der Waals surface area contributed by atoms with E-state index < -0.39 is 0 Å². The first kappa shape index (κ1) is 27.8. The quantitative estimate of drug-likeness (QED) is 0.167. The molecule has 0 spiro atoms. The van der Waals surface area contributed by atoms with Gasteiger partial charge in [-0.05, 0) is 71.8 Å². The molecule has 2 heterocycles. The van der Waals surface area contributed by atoms with Crippen LogP contribution >= 0.6 is 0 Å². The predicted octanol–water partition coefficient (Wildman–Crippen LogP) is 11.4. The number of benzene rings is 7. The van der Waals surface area contributed by atoms with Crippen LogP contribution in [0, 0.1) is 0 Å². The molecular formula is C44H30N4. The van der Waals surface area contributed by atoms with Crippen molar-refractivity contribution in [3.63, 3.8) is 0 Å². The molecule has 2 aromatic heterocycles. The average Bonchev–Trinajstić information content (AvgIpc) is 3.67. The molecule has 4 nitrogen and oxygen atoms in total. The third-order valence-corrected chi connectivity index (χ3v) is 9.00. The highest BCUT2D eigenvalue weighted by Crippen LogP contribution is 2.34. The molecule has 0 fully saturated rings. The normalized spacial score (nSPS) is 12.0. The number of nitrogens with zero attached hydrogens (tertiary/aromatic N) is 4. The molecule has 0 N–H and O–H groups in total. The van der Waals surface area contributed by atoms with E-state index in [1.807, 2.05) is 36.7 Å². The van der Waals surface area contributed by atoms with Gasteiger partial charge in [-0.25, -0.2) is 0 Å². The van der Waals surface area contributed by atoms with Crippen molar-refractivity contribution in [3.05, 3.63) is 181 Å². The van der Waals surface area contributed by atoms with E-state index in [1.54, 1.807) is 0 Å². The van der Waals surface area contributed by atoms with Gasteiger partial charge in [0.15, 0.2) is 0 Å². The lowest BCUT2D eigenvalue weighted by atomic mass is 10.2. The van der Waals surface area contributed by atoms with Gasteiger partial charge < -0.3 is 9.13 Å². The summed E-state index contributed by atoms with van der Waals surface area (Å²) in [5, 5.41) is 5.00. The van der Waals surface area contributed by atoms with Crippen LogP contribution in [0.5, 0.6) is 0 Å². The van der Waals surface area contributed by atoms with Crippen LogP contribution in [-0.2, 0) is 0 Å². The molecule has 9 rings (SSSR count). The summed E-state index contributed by atoms with van der Waals surface area (Å²) in [6, 6.07) is 59.4. The number of aliphatic imine (C=N–C) groups is 2. The maximum absolute atomic E-state index is 4.91. The van der Waals surface area contributed by atoms with E-state index in [9.17, 15) is 0 Å². The van der Waals surface area contributed by atoms with Gasteiger partial charge in [-0.15, -0.1) is 0 Å². The van der Waals surface area contributed by atoms with Gasteiger partial charge in [0.05, 0.1) is 33.4 Å². The monoisotopic (exact) mass is 614 g/mol. The van der Waals surface area contributed by atoms with Crippen LogP contribution < -0.4 is 0 Å². The number of rotatable bonds is 6. The van der Waals surface area contributed by atoms with E-state index in [-0.39, 0.29) is 0 Å². The van der Waals surface area contributed by atoms with Crippen LogP contribution in [0.15, 0.2) is 180 Å². The van der Waals surface area contributed by atoms with Gasteiger partial charge >= 0.3 is 0 Å². The molecule has 0 saturated heterocycles. The van der Waals surface area contributed by atoms with E-state index in [0.717, 1.165) is 33.9 Å². The molecule has 0 aliphatic carbocycles. The van der Waals surface area contributed by atoms with E-state index in [2.05, 4.69) is 155 Å². The molecule has 0 aliphatic heterocycles. The molecule has 0 amide bonds. The zero-order chi connectivity index (χ0) is 31.9. The van der Waals surface area contributed by atoms with Crippen LogP contribution in [0.1, 0.15) is 11.1 Å². The van der Waals surface area contributed by atoms with Crippen molar-refractivity contribution in [2.45, 2.75) is 0 Å². The molecule has 0 radical (unpaired) electrons. The first-order valence-corrected chi connectivity index (χ1v) is 16.2. The first-order valence-electron chi connectivity index (χ1n) is 16.2. The summed E-state index contributed by atoms with van der Waals surface area (Å²) in [6.07, 6.45) is 3.85. The summed E-state index contributed by atoms with van der Waals surface area (Å²) in [5.41, 5.74) is 10.6. The fourth-order valence-corrected chi connectivity index (χ4v) is 6.86. The van der Waals surface area contributed by atoms with Crippen molar-refractivity contribution in [2.24, 2.45) is 9.98 Å². The Labute approximate surface area is 278 Å². The lowest BCUT2D eigenvalue weighted by Gasteiger charge is -2.09. The molecule has 226 valence electrons. The Kier molecular flexibility index (Phi) is 6.76. The average molecular weight is 615 g/mol.